The molecule has 0 spiro atoms. The molecule has 6 heteroatoms. The zero-order chi connectivity index (χ0) is 18.3. The molecule has 0 saturated heterocycles. The van der Waals surface area contributed by atoms with Crippen LogP contribution in [0.25, 0.3) is 21.2 Å². The number of fused-ring (bicyclic) bond motifs is 2. The zero-order valence-corrected chi connectivity index (χ0v) is 15.3. The second-order valence-electron chi connectivity index (χ2n) is 6.54. The SMILES string of the molecule is C[C@@H](c1nc2ccccc2s1)[NH+](C)Cc1cc(=O)oc2cc(O)ccc12. The third kappa shape index (κ3) is 3.09. The minimum Gasteiger partial charge on any atom is -0.508 e. The third-order valence-corrected chi connectivity index (χ3v) is 5.92. The number of hydrogen-bond donors (Lipinski definition) is 2. The summed E-state index contributed by atoms with van der Waals surface area (Å²) in [4.78, 5) is 17.9. The first-order chi connectivity index (χ1) is 12.5. The van der Waals surface area contributed by atoms with Crippen molar-refractivity contribution in [1.82, 2.24) is 4.98 Å². The molecule has 2 aromatic heterocycles. The standard InChI is InChI=1S/C20H18N2O3S/c1-12(20-21-16-5-3-4-6-18(16)26-20)22(2)11-13-9-19(24)25-17-10-14(23)7-8-15(13)17/h3-10,12,23H,11H2,1-2H3/p+1/t12-/m0/s1. The van der Waals surface area contributed by atoms with E-state index in [-0.39, 0.29) is 11.8 Å². The Balaban J connectivity index is 1.66. The lowest BCUT2D eigenvalue weighted by Crippen LogP contribution is -3.07. The van der Waals surface area contributed by atoms with Crippen LogP contribution in [0.4, 0.5) is 0 Å². The Morgan fingerprint density at radius 1 is 1.23 bits per heavy atom. The highest BCUT2D eigenvalue weighted by atomic mass is 32.1. The zero-order valence-electron chi connectivity index (χ0n) is 14.5. The van der Waals surface area contributed by atoms with Crippen molar-refractivity contribution < 1.29 is 14.4 Å². The van der Waals surface area contributed by atoms with Gasteiger partial charge >= 0.3 is 5.63 Å². The summed E-state index contributed by atoms with van der Waals surface area (Å²) in [5.41, 5.74) is 1.93. The Morgan fingerprint density at radius 2 is 2.04 bits per heavy atom. The number of hydrogen-bond acceptors (Lipinski definition) is 5. The molecule has 2 atom stereocenters. The number of rotatable bonds is 4. The van der Waals surface area contributed by atoms with E-state index in [1.54, 1.807) is 23.5 Å². The smallest absolute Gasteiger partial charge is 0.336 e. The highest BCUT2D eigenvalue weighted by Crippen LogP contribution is 2.25. The molecule has 2 heterocycles. The van der Waals surface area contributed by atoms with E-state index in [0.29, 0.717) is 12.1 Å². The summed E-state index contributed by atoms with van der Waals surface area (Å²) in [6.45, 7) is 2.80. The fourth-order valence-electron chi connectivity index (χ4n) is 3.10. The molecule has 132 valence electrons. The van der Waals surface area contributed by atoms with Gasteiger partial charge in [0.05, 0.1) is 17.3 Å². The maximum absolute atomic E-state index is 11.9. The van der Waals surface area contributed by atoms with Crippen LogP contribution in [-0.2, 0) is 6.54 Å². The normalized spacial score (nSPS) is 13.9. The van der Waals surface area contributed by atoms with Gasteiger partial charge in [0.2, 0.25) is 0 Å². The Bertz CT molecular complexity index is 1120. The molecular formula is C20H19N2O3S+. The molecule has 2 aromatic carbocycles. The van der Waals surface area contributed by atoms with Crippen LogP contribution in [0.3, 0.4) is 0 Å². The molecule has 0 amide bonds. The highest BCUT2D eigenvalue weighted by molar-refractivity contribution is 7.18. The molecule has 0 aliphatic rings. The van der Waals surface area contributed by atoms with Crippen molar-refractivity contribution in [1.29, 1.82) is 0 Å². The van der Waals surface area contributed by atoms with Crippen molar-refractivity contribution in [3.8, 4) is 5.75 Å². The summed E-state index contributed by atoms with van der Waals surface area (Å²) in [6, 6.07) is 14.7. The van der Waals surface area contributed by atoms with Crippen LogP contribution in [0.15, 0.2) is 57.7 Å². The van der Waals surface area contributed by atoms with Crippen molar-refractivity contribution in [2.75, 3.05) is 7.05 Å². The molecule has 1 unspecified atom stereocenters. The van der Waals surface area contributed by atoms with Gasteiger partial charge in [0.1, 0.15) is 23.9 Å². The van der Waals surface area contributed by atoms with E-state index < -0.39 is 5.63 Å². The Kier molecular flexibility index (Phi) is 4.22. The molecule has 0 aliphatic carbocycles. The van der Waals surface area contributed by atoms with Gasteiger partial charge in [-0.1, -0.05) is 12.1 Å². The Labute approximate surface area is 154 Å². The summed E-state index contributed by atoms with van der Waals surface area (Å²) in [5, 5.41) is 11.5. The van der Waals surface area contributed by atoms with Gasteiger partial charge in [-0.15, -0.1) is 11.3 Å². The number of nitrogens with one attached hydrogen (secondary N) is 1. The summed E-state index contributed by atoms with van der Waals surface area (Å²) in [5.74, 6) is 0.0846. The fourth-order valence-corrected chi connectivity index (χ4v) is 4.22. The third-order valence-electron chi connectivity index (χ3n) is 4.70. The number of thiazole rings is 1. The minimum atomic E-state index is -0.404. The Morgan fingerprint density at radius 3 is 2.85 bits per heavy atom. The van der Waals surface area contributed by atoms with Crippen LogP contribution in [0.2, 0.25) is 0 Å². The molecule has 26 heavy (non-hydrogen) atoms. The van der Waals surface area contributed by atoms with Gasteiger partial charge in [0.15, 0.2) is 5.01 Å². The first kappa shape index (κ1) is 16.8. The lowest BCUT2D eigenvalue weighted by atomic mass is 10.1. The van der Waals surface area contributed by atoms with Gasteiger partial charge in [-0.25, -0.2) is 9.78 Å². The van der Waals surface area contributed by atoms with Gasteiger partial charge in [0.25, 0.3) is 0 Å². The topological polar surface area (TPSA) is 67.8 Å². The summed E-state index contributed by atoms with van der Waals surface area (Å²) in [6.07, 6.45) is 0. The van der Waals surface area contributed by atoms with Crippen molar-refractivity contribution in [2.45, 2.75) is 19.5 Å². The molecule has 0 bridgehead atoms. The van der Waals surface area contributed by atoms with Crippen LogP contribution in [0, 0.1) is 0 Å². The van der Waals surface area contributed by atoms with Crippen LogP contribution in [0.1, 0.15) is 23.5 Å². The lowest BCUT2D eigenvalue weighted by Gasteiger charge is -2.20. The van der Waals surface area contributed by atoms with Gasteiger partial charge < -0.3 is 14.4 Å². The summed E-state index contributed by atoms with van der Waals surface area (Å²) in [7, 11) is 2.09. The number of para-hydroxylation sites is 1. The summed E-state index contributed by atoms with van der Waals surface area (Å²) < 4.78 is 6.40. The molecule has 4 rings (SSSR count). The van der Waals surface area contributed by atoms with Crippen LogP contribution >= 0.6 is 11.3 Å². The molecule has 5 nitrogen and oxygen atoms in total. The van der Waals surface area contributed by atoms with Crippen LogP contribution < -0.4 is 10.5 Å². The molecular weight excluding hydrogens is 348 g/mol. The van der Waals surface area contributed by atoms with E-state index >= 15 is 0 Å². The van der Waals surface area contributed by atoms with Gasteiger partial charge in [-0.3, -0.25) is 0 Å². The van der Waals surface area contributed by atoms with Crippen molar-refractivity contribution in [3.63, 3.8) is 0 Å². The number of nitrogens with zero attached hydrogens (tertiary/aromatic N) is 1. The quantitative estimate of drug-likeness (QED) is 0.544. The molecule has 2 N–H and O–H groups in total. The largest absolute Gasteiger partial charge is 0.508 e. The fraction of sp³-hybridized carbons (Fsp3) is 0.200. The van der Waals surface area contributed by atoms with E-state index in [1.807, 2.05) is 18.2 Å². The predicted octanol–water partition coefficient (Wildman–Crippen LogP) is 2.88. The first-order valence-corrected chi connectivity index (χ1v) is 9.26. The highest BCUT2D eigenvalue weighted by Gasteiger charge is 2.21. The van der Waals surface area contributed by atoms with Crippen molar-refractivity contribution >= 4 is 32.5 Å². The Hall–Kier alpha value is -2.70. The predicted molar refractivity (Wildman–Crippen MR) is 103 cm³/mol. The number of benzene rings is 2. The average Bonchev–Trinajstić information content (AvgIpc) is 3.04. The van der Waals surface area contributed by atoms with Crippen LogP contribution in [0.5, 0.6) is 5.75 Å². The maximum Gasteiger partial charge on any atom is 0.336 e. The van der Waals surface area contributed by atoms with Gasteiger partial charge in [-0.05, 0) is 31.2 Å². The molecule has 0 saturated carbocycles. The lowest BCUT2D eigenvalue weighted by molar-refractivity contribution is -0.923. The molecule has 0 aliphatic heterocycles. The van der Waals surface area contributed by atoms with E-state index in [0.717, 1.165) is 21.5 Å². The van der Waals surface area contributed by atoms with E-state index in [2.05, 4.69) is 20.0 Å². The van der Waals surface area contributed by atoms with Crippen molar-refractivity contribution in [3.05, 3.63) is 69.5 Å². The number of phenols is 1. The number of quaternary nitrogens is 1. The van der Waals surface area contributed by atoms with E-state index in [9.17, 15) is 9.90 Å². The van der Waals surface area contributed by atoms with E-state index in [1.165, 1.54) is 21.7 Å². The average molecular weight is 367 g/mol. The van der Waals surface area contributed by atoms with E-state index in [4.69, 9.17) is 9.40 Å². The van der Waals surface area contributed by atoms with Crippen molar-refractivity contribution in [2.24, 2.45) is 0 Å². The van der Waals surface area contributed by atoms with Crippen LogP contribution in [-0.4, -0.2) is 17.1 Å². The van der Waals surface area contributed by atoms with Gasteiger partial charge in [0, 0.05) is 23.1 Å². The monoisotopic (exact) mass is 367 g/mol. The minimum absolute atomic E-state index is 0.0846. The molecule has 0 fully saturated rings. The number of aromatic nitrogens is 1. The second kappa shape index (κ2) is 6.55. The second-order valence-corrected chi connectivity index (χ2v) is 7.60. The maximum atomic E-state index is 11.9. The first-order valence-electron chi connectivity index (χ1n) is 8.45. The summed E-state index contributed by atoms with van der Waals surface area (Å²) >= 11 is 1.71. The molecule has 4 aromatic rings. The number of aromatic hydroxyl groups is 1. The number of phenolic OH excluding ortho intramolecular Hbond substituents is 1. The van der Waals surface area contributed by atoms with Gasteiger partial charge in [-0.2, -0.15) is 0 Å². The molecule has 0 radical (unpaired) electrons.